The van der Waals surface area contributed by atoms with Crippen LogP contribution in [0.15, 0.2) is 0 Å². The van der Waals surface area contributed by atoms with Gasteiger partial charge >= 0.3 is 0 Å². The lowest BCUT2D eigenvalue weighted by molar-refractivity contribution is -0.0637. The Labute approximate surface area is 111 Å². The molecule has 1 saturated carbocycles. The first-order valence-corrected chi connectivity index (χ1v) is 7.85. The molecule has 3 rings (SSSR count). The molecule has 0 radical (unpaired) electrons. The Bertz CT molecular complexity index is 257. The molecule has 1 unspecified atom stereocenters. The third-order valence-corrected chi connectivity index (χ3v) is 4.96. The van der Waals surface area contributed by atoms with Crippen LogP contribution in [0, 0.1) is 0 Å². The lowest BCUT2D eigenvalue weighted by Gasteiger charge is -2.33. The van der Waals surface area contributed by atoms with E-state index in [0.717, 1.165) is 32.6 Å². The van der Waals surface area contributed by atoms with Crippen molar-refractivity contribution in [2.24, 2.45) is 0 Å². The van der Waals surface area contributed by atoms with Gasteiger partial charge in [-0.1, -0.05) is 19.3 Å². The van der Waals surface area contributed by atoms with E-state index in [1.807, 2.05) is 0 Å². The summed E-state index contributed by atoms with van der Waals surface area (Å²) in [4.78, 5) is 0. The highest BCUT2D eigenvalue weighted by molar-refractivity contribution is 4.92. The average molecular weight is 253 g/mol. The third kappa shape index (κ3) is 3.06. The molecule has 0 aromatic heterocycles. The zero-order chi connectivity index (χ0) is 12.3. The molecule has 0 aromatic rings. The first-order valence-electron chi connectivity index (χ1n) is 7.85. The Morgan fingerprint density at radius 1 is 0.944 bits per heavy atom. The minimum atomic E-state index is 0.278. The maximum Gasteiger partial charge on any atom is 0.0708 e. The number of ether oxygens (including phenoxy) is 2. The van der Waals surface area contributed by atoms with Crippen molar-refractivity contribution in [1.29, 1.82) is 0 Å². The van der Waals surface area contributed by atoms with Crippen LogP contribution in [0.5, 0.6) is 0 Å². The Morgan fingerprint density at radius 2 is 1.72 bits per heavy atom. The molecule has 3 heteroatoms. The van der Waals surface area contributed by atoms with Gasteiger partial charge in [-0.15, -0.1) is 0 Å². The molecular formula is C15H27NO2. The predicted molar refractivity (Wildman–Crippen MR) is 71.8 cm³/mol. The summed E-state index contributed by atoms with van der Waals surface area (Å²) in [6, 6.07) is 0.658. The molecule has 104 valence electrons. The van der Waals surface area contributed by atoms with Crippen LogP contribution in [0.3, 0.4) is 0 Å². The van der Waals surface area contributed by atoms with Crippen molar-refractivity contribution in [2.45, 2.75) is 75.5 Å². The monoisotopic (exact) mass is 253 g/mol. The van der Waals surface area contributed by atoms with E-state index >= 15 is 0 Å². The zero-order valence-electron chi connectivity index (χ0n) is 11.5. The van der Waals surface area contributed by atoms with Gasteiger partial charge in [-0.25, -0.2) is 0 Å². The first kappa shape index (κ1) is 12.9. The smallest absolute Gasteiger partial charge is 0.0708 e. The fourth-order valence-corrected chi connectivity index (χ4v) is 3.80. The molecule has 3 nitrogen and oxygen atoms in total. The molecular weight excluding hydrogens is 226 g/mol. The van der Waals surface area contributed by atoms with Gasteiger partial charge in [0.2, 0.25) is 0 Å². The van der Waals surface area contributed by atoms with Crippen LogP contribution in [0.1, 0.15) is 57.8 Å². The Balaban J connectivity index is 1.41. The van der Waals surface area contributed by atoms with E-state index in [0.29, 0.717) is 12.1 Å². The lowest BCUT2D eigenvalue weighted by Crippen LogP contribution is -2.40. The number of rotatable bonds is 3. The van der Waals surface area contributed by atoms with E-state index in [9.17, 15) is 0 Å². The highest BCUT2D eigenvalue weighted by atomic mass is 16.5. The molecule has 2 heterocycles. The SMILES string of the molecule is C1CCC2(CC1)CCC(CNC1CCOCC1)O2. The summed E-state index contributed by atoms with van der Waals surface area (Å²) in [5.74, 6) is 0. The van der Waals surface area contributed by atoms with Crippen molar-refractivity contribution < 1.29 is 9.47 Å². The molecule has 1 N–H and O–H groups in total. The summed E-state index contributed by atoms with van der Waals surface area (Å²) in [5, 5.41) is 3.68. The molecule has 2 aliphatic heterocycles. The van der Waals surface area contributed by atoms with E-state index in [4.69, 9.17) is 9.47 Å². The Hall–Kier alpha value is -0.120. The van der Waals surface area contributed by atoms with E-state index in [-0.39, 0.29) is 5.60 Å². The number of nitrogens with one attached hydrogen (secondary N) is 1. The maximum absolute atomic E-state index is 6.39. The van der Waals surface area contributed by atoms with E-state index in [1.165, 1.54) is 44.9 Å². The van der Waals surface area contributed by atoms with Gasteiger partial charge in [-0.3, -0.25) is 0 Å². The molecule has 3 fully saturated rings. The molecule has 1 atom stereocenters. The van der Waals surface area contributed by atoms with Crippen molar-refractivity contribution in [2.75, 3.05) is 19.8 Å². The molecule has 0 bridgehead atoms. The van der Waals surface area contributed by atoms with Crippen LogP contribution < -0.4 is 5.32 Å². The van der Waals surface area contributed by atoms with Crippen molar-refractivity contribution in [3.63, 3.8) is 0 Å². The topological polar surface area (TPSA) is 30.5 Å². The molecule has 3 aliphatic rings. The normalized spacial score (nSPS) is 33.0. The second-order valence-electron chi connectivity index (χ2n) is 6.32. The summed E-state index contributed by atoms with van der Waals surface area (Å²) in [6.45, 7) is 2.90. The molecule has 0 aromatic carbocycles. The summed E-state index contributed by atoms with van der Waals surface area (Å²) in [7, 11) is 0. The van der Waals surface area contributed by atoms with Crippen molar-refractivity contribution in [3.05, 3.63) is 0 Å². The molecule has 2 saturated heterocycles. The van der Waals surface area contributed by atoms with E-state index in [1.54, 1.807) is 0 Å². The van der Waals surface area contributed by atoms with E-state index < -0.39 is 0 Å². The summed E-state index contributed by atoms with van der Waals surface area (Å²) < 4.78 is 11.8. The van der Waals surface area contributed by atoms with Gasteiger partial charge in [-0.2, -0.15) is 0 Å². The fourth-order valence-electron chi connectivity index (χ4n) is 3.80. The van der Waals surface area contributed by atoms with Gasteiger partial charge in [0.25, 0.3) is 0 Å². The standard InChI is InChI=1S/C15H27NO2/c1-2-7-15(8-3-1)9-4-14(18-15)12-16-13-5-10-17-11-6-13/h13-14,16H,1-12H2. The number of hydrogen-bond donors (Lipinski definition) is 1. The van der Waals surface area contributed by atoms with Gasteiger partial charge in [0, 0.05) is 25.8 Å². The minimum Gasteiger partial charge on any atom is -0.381 e. The second-order valence-corrected chi connectivity index (χ2v) is 6.32. The van der Waals surface area contributed by atoms with Crippen LogP contribution in [0.2, 0.25) is 0 Å². The molecule has 1 aliphatic carbocycles. The van der Waals surface area contributed by atoms with Crippen molar-refractivity contribution in [3.8, 4) is 0 Å². The third-order valence-electron chi connectivity index (χ3n) is 4.96. The largest absolute Gasteiger partial charge is 0.381 e. The predicted octanol–water partition coefficient (Wildman–Crippen LogP) is 2.64. The maximum atomic E-state index is 6.39. The Kier molecular flexibility index (Phi) is 4.22. The van der Waals surface area contributed by atoms with Gasteiger partial charge < -0.3 is 14.8 Å². The summed E-state index contributed by atoms with van der Waals surface area (Å²) >= 11 is 0. The summed E-state index contributed by atoms with van der Waals surface area (Å²) in [5.41, 5.74) is 0.278. The highest BCUT2D eigenvalue weighted by Crippen LogP contribution is 2.41. The quantitative estimate of drug-likeness (QED) is 0.838. The molecule has 0 amide bonds. The van der Waals surface area contributed by atoms with Crippen molar-refractivity contribution in [1.82, 2.24) is 5.32 Å². The Morgan fingerprint density at radius 3 is 2.50 bits per heavy atom. The van der Waals surface area contributed by atoms with Crippen LogP contribution >= 0.6 is 0 Å². The van der Waals surface area contributed by atoms with Crippen LogP contribution in [-0.2, 0) is 9.47 Å². The van der Waals surface area contributed by atoms with Crippen LogP contribution in [0.4, 0.5) is 0 Å². The van der Waals surface area contributed by atoms with Gasteiger partial charge in [0.1, 0.15) is 0 Å². The lowest BCUT2D eigenvalue weighted by atomic mass is 9.83. The molecule has 1 spiro atoms. The fraction of sp³-hybridized carbons (Fsp3) is 1.00. The zero-order valence-corrected chi connectivity index (χ0v) is 11.5. The summed E-state index contributed by atoms with van der Waals surface area (Å²) in [6.07, 6.45) is 12.1. The highest BCUT2D eigenvalue weighted by Gasteiger charge is 2.40. The van der Waals surface area contributed by atoms with Crippen LogP contribution in [0.25, 0.3) is 0 Å². The van der Waals surface area contributed by atoms with Gasteiger partial charge in [-0.05, 0) is 38.5 Å². The number of hydrogen-bond acceptors (Lipinski definition) is 3. The minimum absolute atomic E-state index is 0.278. The second kappa shape index (κ2) is 5.89. The van der Waals surface area contributed by atoms with Crippen molar-refractivity contribution >= 4 is 0 Å². The molecule has 18 heavy (non-hydrogen) atoms. The average Bonchev–Trinajstić information content (AvgIpc) is 2.82. The van der Waals surface area contributed by atoms with Gasteiger partial charge in [0.15, 0.2) is 0 Å². The van der Waals surface area contributed by atoms with Crippen LogP contribution in [-0.4, -0.2) is 37.5 Å². The van der Waals surface area contributed by atoms with Gasteiger partial charge in [0.05, 0.1) is 11.7 Å². The van der Waals surface area contributed by atoms with E-state index in [2.05, 4.69) is 5.32 Å². The first-order chi connectivity index (χ1) is 8.86.